The predicted octanol–water partition coefficient (Wildman–Crippen LogP) is 1.41. The van der Waals surface area contributed by atoms with E-state index in [1.807, 2.05) is 18.2 Å². The van der Waals surface area contributed by atoms with Gasteiger partial charge in [-0.3, -0.25) is 0 Å². The molecule has 0 bridgehead atoms. The molecule has 1 saturated heterocycles. The van der Waals surface area contributed by atoms with E-state index < -0.39 is 10.0 Å². The van der Waals surface area contributed by atoms with Gasteiger partial charge in [0, 0.05) is 23.2 Å². The molecule has 0 amide bonds. The average Bonchev–Trinajstić information content (AvgIpc) is 2.87. The molecule has 20 heavy (non-hydrogen) atoms. The molecule has 0 spiro atoms. The monoisotopic (exact) mass is 313 g/mol. The first-order valence-electron chi connectivity index (χ1n) is 6.34. The molecule has 0 atom stereocenters. The molecule has 0 aliphatic carbocycles. The zero-order chi connectivity index (χ0) is 14.2. The van der Waals surface area contributed by atoms with Crippen molar-refractivity contribution < 1.29 is 18.3 Å². The summed E-state index contributed by atoms with van der Waals surface area (Å²) in [5.41, 5.74) is 0. The van der Waals surface area contributed by atoms with Gasteiger partial charge in [0.05, 0.1) is 24.7 Å². The van der Waals surface area contributed by atoms with E-state index in [9.17, 15) is 13.5 Å². The van der Waals surface area contributed by atoms with Crippen LogP contribution in [0.1, 0.15) is 4.88 Å². The van der Waals surface area contributed by atoms with Crippen molar-refractivity contribution in [1.82, 2.24) is 4.31 Å². The highest BCUT2D eigenvalue weighted by Crippen LogP contribution is 2.36. The van der Waals surface area contributed by atoms with Crippen LogP contribution in [0.4, 0.5) is 0 Å². The molecule has 1 aromatic carbocycles. The van der Waals surface area contributed by atoms with Gasteiger partial charge in [-0.2, -0.15) is 4.31 Å². The van der Waals surface area contributed by atoms with Gasteiger partial charge < -0.3 is 9.84 Å². The SMILES string of the molecule is O=S(=O)(c1c(CO)sc2ccccc12)N1CCOCC1. The van der Waals surface area contributed by atoms with Gasteiger partial charge in [0.2, 0.25) is 10.0 Å². The number of aliphatic hydroxyl groups is 1. The fourth-order valence-electron chi connectivity index (χ4n) is 2.38. The number of rotatable bonds is 3. The van der Waals surface area contributed by atoms with Crippen molar-refractivity contribution in [3.63, 3.8) is 0 Å². The molecule has 0 saturated carbocycles. The van der Waals surface area contributed by atoms with Gasteiger partial charge in [0.25, 0.3) is 0 Å². The van der Waals surface area contributed by atoms with Crippen LogP contribution in [0.2, 0.25) is 0 Å². The number of nitrogens with zero attached hydrogens (tertiary/aromatic N) is 1. The highest BCUT2D eigenvalue weighted by Gasteiger charge is 2.31. The number of ether oxygens (including phenoxy) is 1. The molecular formula is C13H15NO4S2. The second-order valence-electron chi connectivity index (χ2n) is 4.53. The number of morpholine rings is 1. The Labute approximate surface area is 121 Å². The second-order valence-corrected chi connectivity index (χ2v) is 7.54. The minimum atomic E-state index is -3.58. The van der Waals surface area contributed by atoms with Gasteiger partial charge in [-0.15, -0.1) is 11.3 Å². The predicted molar refractivity (Wildman–Crippen MR) is 77.3 cm³/mol. The maximum Gasteiger partial charge on any atom is 0.245 e. The topological polar surface area (TPSA) is 66.8 Å². The summed E-state index contributed by atoms with van der Waals surface area (Å²) in [6.45, 7) is 1.28. The van der Waals surface area contributed by atoms with Crippen LogP contribution >= 0.6 is 11.3 Å². The maximum atomic E-state index is 12.8. The summed E-state index contributed by atoms with van der Waals surface area (Å²) in [5.74, 6) is 0. The molecule has 0 unspecified atom stereocenters. The zero-order valence-corrected chi connectivity index (χ0v) is 12.4. The number of fused-ring (bicyclic) bond motifs is 1. The summed E-state index contributed by atoms with van der Waals surface area (Å²) >= 11 is 1.33. The highest BCUT2D eigenvalue weighted by atomic mass is 32.2. The van der Waals surface area contributed by atoms with Crippen molar-refractivity contribution in [2.24, 2.45) is 0 Å². The third-order valence-electron chi connectivity index (χ3n) is 3.33. The Kier molecular flexibility index (Phi) is 3.78. The Morgan fingerprint density at radius 1 is 1.25 bits per heavy atom. The zero-order valence-electron chi connectivity index (χ0n) is 10.8. The summed E-state index contributed by atoms with van der Waals surface area (Å²) in [6.07, 6.45) is 0. The third kappa shape index (κ3) is 2.25. The van der Waals surface area contributed by atoms with Crippen molar-refractivity contribution in [2.45, 2.75) is 11.5 Å². The van der Waals surface area contributed by atoms with Crippen LogP contribution in [0.25, 0.3) is 10.1 Å². The number of thiophene rings is 1. The summed E-state index contributed by atoms with van der Waals surface area (Å²) in [4.78, 5) is 0.750. The van der Waals surface area contributed by atoms with Crippen molar-refractivity contribution in [3.8, 4) is 0 Å². The lowest BCUT2D eigenvalue weighted by Crippen LogP contribution is -2.40. The lowest BCUT2D eigenvalue weighted by atomic mass is 10.2. The van der Waals surface area contributed by atoms with Crippen LogP contribution in [0.5, 0.6) is 0 Å². The van der Waals surface area contributed by atoms with Gasteiger partial charge in [0.1, 0.15) is 4.90 Å². The summed E-state index contributed by atoms with van der Waals surface area (Å²) in [7, 11) is -3.58. The van der Waals surface area contributed by atoms with Crippen LogP contribution < -0.4 is 0 Å². The summed E-state index contributed by atoms with van der Waals surface area (Å²) in [5, 5.41) is 10.2. The maximum absolute atomic E-state index is 12.8. The first kappa shape index (κ1) is 14.0. The summed E-state index contributed by atoms with van der Waals surface area (Å²) in [6, 6.07) is 7.34. The quantitative estimate of drug-likeness (QED) is 0.930. The van der Waals surface area contributed by atoms with Gasteiger partial charge in [-0.05, 0) is 6.07 Å². The van der Waals surface area contributed by atoms with Crippen molar-refractivity contribution >= 4 is 31.4 Å². The fourth-order valence-corrected chi connectivity index (χ4v) is 5.54. The average molecular weight is 313 g/mol. The minimum Gasteiger partial charge on any atom is -0.391 e. The van der Waals surface area contributed by atoms with Crippen LogP contribution in [0, 0.1) is 0 Å². The molecular weight excluding hydrogens is 298 g/mol. The molecule has 2 aromatic rings. The Bertz CT molecular complexity index is 717. The van der Waals surface area contributed by atoms with Crippen molar-refractivity contribution in [3.05, 3.63) is 29.1 Å². The molecule has 7 heteroatoms. The van der Waals surface area contributed by atoms with E-state index in [1.54, 1.807) is 6.07 Å². The Balaban J connectivity index is 2.17. The Morgan fingerprint density at radius 2 is 1.95 bits per heavy atom. The molecule has 0 radical (unpaired) electrons. The smallest absolute Gasteiger partial charge is 0.245 e. The molecule has 3 rings (SSSR count). The molecule has 2 heterocycles. The molecule has 5 nitrogen and oxygen atoms in total. The number of hydrogen-bond acceptors (Lipinski definition) is 5. The largest absolute Gasteiger partial charge is 0.391 e. The van der Waals surface area contributed by atoms with E-state index in [4.69, 9.17) is 4.74 Å². The van der Waals surface area contributed by atoms with E-state index in [0.29, 0.717) is 36.6 Å². The molecule has 108 valence electrons. The van der Waals surface area contributed by atoms with E-state index in [-0.39, 0.29) is 11.5 Å². The number of hydrogen-bond donors (Lipinski definition) is 1. The minimum absolute atomic E-state index is 0.252. The van der Waals surface area contributed by atoms with Gasteiger partial charge in [-0.25, -0.2) is 8.42 Å². The van der Waals surface area contributed by atoms with E-state index in [0.717, 1.165) is 4.70 Å². The first-order chi connectivity index (χ1) is 9.64. The lowest BCUT2D eigenvalue weighted by Gasteiger charge is -2.26. The van der Waals surface area contributed by atoms with E-state index in [2.05, 4.69) is 0 Å². The van der Waals surface area contributed by atoms with Crippen molar-refractivity contribution in [2.75, 3.05) is 26.3 Å². The van der Waals surface area contributed by atoms with Gasteiger partial charge >= 0.3 is 0 Å². The normalized spacial score (nSPS) is 17.6. The third-order valence-corrected chi connectivity index (χ3v) is 6.64. The Hall–Kier alpha value is -0.990. The fraction of sp³-hybridized carbons (Fsp3) is 0.385. The standard InChI is InChI=1S/C13H15NO4S2/c15-9-12-13(10-3-1-2-4-11(10)19-12)20(16,17)14-5-7-18-8-6-14/h1-4,15H,5-9H2. The second kappa shape index (κ2) is 5.42. The first-order valence-corrected chi connectivity index (χ1v) is 8.59. The number of benzene rings is 1. The lowest BCUT2D eigenvalue weighted by molar-refractivity contribution is 0.0730. The summed E-state index contributed by atoms with van der Waals surface area (Å²) < 4.78 is 33.1. The van der Waals surface area contributed by atoms with Crippen LogP contribution in [-0.2, 0) is 21.4 Å². The molecule has 1 aromatic heterocycles. The van der Waals surface area contributed by atoms with E-state index in [1.165, 1.54) is 15.6 Å². The van der Waals surface area contributed by atoms with Crippen molar-refractivity contribution in [1.29, 1.82) is 0 Å². The van der Waals surface area contributed by atoms with Crippen LogP contribution in [0.15, 0.2) is 29.2 Å². The molecule has 1 fully saturated rings. The van der Waals surface area contributed by atoms with Gasteiger partial charge in [-0.1, -0.05) is 18.2 Å². The molecule has 1 N–H and O–H groups in total. The van der Waals surface area contributed by atoms with Crippen LogP contribution in [-0.4, -0.2) is 44.1 Å². The molecule has 1 aliphatic heterocycles. The number of aliphatic hydroxyl groups excluding tert-OH is 1. The van der Waals surface area contributed by atoms with Gasteiger partial charge in [0.15, 0.2) is 0 Å². The highest BCUT2D eigenvalue weighted by molar-refractivity contribution is 7.89. The Morgan fingerprint density at radius 3 is 2.65 bits per heavy atom. The van der Waals surface area contributed by atoms with Crippen LogP contribution in [0.3, 0.4) is 0 Å². The number of sulfonamides is 1. The molecule has 1 aliphatic rings. The van der Waals surface area contributed by atoms with E-state index >= 15 is 0 Å².